The molecule has 0 spiro atoms. The Balaban J connectivity index is 1.33. The van der Waals surface area contributed by atoms with Crippen molar-refractivity contribution in [1.82, 2.24) is 19.8 Å². The molecule has 4 rings (SSSR count). The summed E-state index contributed by atoms with van der Waals surface area (Å²) in [5.41, 5.74) is 1.10. The minimum atomic E-state index is -0.346. The third-order valence-electron chi connectivity index (χ3n) is 5.08. The van der Waals surface area contributed by atoms with E-state index in [9.17, 15) is 14.0 Å². The van der Waals surface area contributed by atoms with E-state index >= 15 is 0 Å². The Morgan fingerprint density at radius 1 is 1.04 bits per heavy atom. The molecule has 6 nitrogen and oxygen atoms in total. The number of para-hydroxylation sites is 1. The molecule has 1 aliphatic heterocycles. The third kappa shape index (κ3) is 3.94. The number of amides is 1. The summed E-state index contributed by atoms with van der Waals surface area (Å²) in [4.78, 5) is 36.1. The van der Waals surface area contributed by atoms with Crippen LogP contribution in [0.2, 0.25) is 0 Å². The lowest BCUT2D eigenvalue weighted by molar-refractivity contribution is 0.0638. The Morgan fingerprint density at radius 2 is 1.75 bits per heavy atom. The summed E-state index contributed by atoms with van der Waals surface area (Å²) in [6.07, 6.45) is 0.645. The summed E-state index contributed by atoms with van der Waals surface area (Å²) in [6.45, 7) is 3.52. The fourth-order valence-electron chi connectivity index (χ4n) is 3.47. The molecule has 0 atom stereocenters. The van der Waals surface area contributed by atoms with Gasteiger partial charge < -0.3 is 9.88 Å². The average molecular weight is 380 g/mol. The second-order valence-corrected chi connectivity index (χ2v) is 6.92. The molecule has 0 unspecified atom stereocenters. The molecular formula is C21H21FN4O2. The summed E-state index contributed by atoms with van der Waals surface area (Å²) >= 11 is 0. The number of hydrogen-bond donors (Lipinski definition) is 1. The minimum absolute atomic E-state index is 0.0693. The zero-order chi connectivity index (χ0) is 19.5. The van der Waals surface area contributed by atoms with Crippen molar-refractivity contribution in [1.29, 1.82) is 0 Å². The fraction of sp³-hybridized carbons (Fsp3) is 0.286. The molecule has 1 aliphatic rings. The van der Waals surface area contributed by atoms with E-state index < -0.39 is 0 Å². The van der Waals surface area contributed by atoms with Crippen LogP contribution in [0.4, 0.5) is 4.39 Å². The largest absolute Gasteiger partial charge is 0.336 e. The lowest BCUT2D eigenvalue weighted by atomic mass is 10.1. The first-order valence-electron chi connectivity index (χ1n) is 9.35. The van der Waals surface area contributed by atoms with E-state index in [-0.39, 0.29) is 17.3 Å². The smallest absolute Gasteiger partial charge is 0.258 e. The van der Waals surface area contributed by atoms with Crippen LogP contribution in [0.3, 0.4) is 0 Å². The highest BCUT2D eigenvalue weighted by Crippen LogP contribution is 2.11. The van der Waals surface area contributed by atoms with Crippen molar-refractivity contribution in [3.8, 4) is 0 Å². The first kappa shape index (κ1) is 18.3. The Labute approximate surface area is 161 Å². The summed E-state index contributed by atoms with van der Waals surface area (Å²) in [7, 11) is 0. The molecule has 1 aromatic heterocycles. The molecule has 1 N–H and O–H groups in total. The van der Waals surface area contributed by atoms with Crippen molar-refractivity contribution < 1.29 is 9.18 Å². The Morgan fingerprint density at radius 3 is 2.50 bits per heavy atom. The molecule has 2 heterocycles. The van der Waals surface area contributed by atoms with Crippen LogP contribution in [0.25, 0.3) is 10.9 Å². The van der Waals surface area contributed by atoms with Crippen LogP contribution in [0.5, 0.6) is 0 Å². The maximum atomic E-state index is 13.0. The van der Waals surface area contributed by atoms with E-state index in [2.05, 4.69) is 14.9 Å². The second kappa shape index (κ2) is 7.90. The molecule has 0 aliphatic carbocycles. The average Bonchev–Trinajstić information content (AvgIpc) is 2.73. The van der Waals surface area contributed by atoms with Crippen molar-refractivity contribution in [2.75, 3.05) is 32.7 Å². The highest BCUT2D eigenvalue weighted by Gasteiger charge is 2.22. The van der Waals surface area contributed by atoms with Gasteiger partial charge in [-0.05, 0) is 36.4 Å². The predicted octanol–water partition coefficient (Wildman–Crippen LogP) is 2.06. The fourth-order valence-corrected chi connectivity index (χ4v) is 3.47. The molecule has 0 saturated carbocycles. The number of H-pyrrole nitrogens is 1. The van der Waals surface area contributed by atoms with Crippen molar-refractivity contribution >= 4 is 16.8 Å². The van der Waals surface area contributed by atoms with E-state index in [0.717, 1.165) is 19.6 Å². The number of carbonyl (C=O) groups is 1. The van der Waals surface area contributed by atoms with Gasteiger partial charge in [0.2, 0.25) is 0 Å². The SMILES string of the molecule is O=C(c1ccc(F)cc1)N1CCN(CCc2nc3ccccc3c(=O)[nH]2)CC1. The maximum Gasteiger partial charge on any atom is 0.258 e. The molecule has 1 amide bonds. The van der Waals surface area contributed by atoms with Gasteiger partial charge in [0.15, 0.2) is 0 Å². The number of aromatic nitrogens is 2. The van der Waals surface area contributed by atoms with Crippen LogP contribution in [-0.4, -0.2) is 58.4 Å². The van der Waals surface area contributed by atoms with Crippen LogP contribution < -0.4 is 5.56 Å². The lowest BCUT2D eigenvalue weighted by Gasteiger charge is -2.34. The summed E-state index contributed by atoms with van der Waals surface area (Å²) in [6, 6.07) is 13.0. The van der Waals surface area contributed by atoms with Crippen LogP contribution in [0.1, 0.15) is 16.2 Å². The van der Waals surface area contributed by atoms with Gasteiger partial charge in [0.25, 0.3) is 11.5 Å². The molecule has 1 fully saturated rings. The number of nitrogens with zero attached hydrogens (tertiary/aromatic N) is 3. The lowest BCUT2D eigenvalue weighted by Crippen LogP contribution is -2.49. The van der Waals surface area contributed by atoms with Gasteiger partial charge in [-0.15, -0.1) is 0 Å². The molecule has 144 valence electrons. The predicted molar refractivity (Wildman–Crippen MR) is 105 cm³/mol. The van der Waals surface area contributed by atoms with Crippen LogP contribution in [0, 0.1) is 5.82 Å². The van der Waals surface area contributed by atoms with Gasteiger partial charge in [0.1, 0.15) is 11.6 Å². The quantitative estimate of drug-likeness (QED) is 0.752. The van der Waals surface area contributed by atoms with Gasteiger partial charge >= 0.3 is 0 Å². The molecule has 28 heavy (non-hydrogen) atoms. The topological polar surface area (TPSA) is 69.3 Å². The van der Waals surface area contributed by atoms with E-state index in [1.807, 2.05) is 18.2 Å². The number of rotatable bonds is 4. The highest BCUT2D eigenvalue weighted by atomic mass is 19.1. The minimum Gasteiger partial charge on any atom is -0.336 e. The molecular weight excluding hydrogens is 359 g/mol. The van der Waals surface area contributed by atoms with E-state index in [1.54, 1.807) is 11.0 Å². The number of hydrogen-bond acceptors (Lipinski definition) is 4. The van der Waals surface area contributed by atoms with Gasteiger partial charge in [-0.25, -0.2) is 9.37 Å². The number of halogens is 1. The first-order chi connectivity index (χ1) is 13.6. The van der Waals surface area contributed by atoms with Gasteiger partial charge in [-0.3, -0.25) is 14.5 Å². The zero-order valence-corrected chi connectivity index (χ0v) is 15.4. The van der Waals surface area contributed by atoms with Gasteiger partial charge in [-0.1, -0.05) is 12.1 Å². The third-order valence-corrected chi connectivity index (χ3v) is 5.08. The van der Waals surface area contributed by atoms with E-state index in [0.29, 0.717) is 41.8 Å². The Bertz CT molecular complexity index is 1040. The van der Waals surface area contributed by atoms with Crippen LogP contribution in [-0.2, 0) is 6.42 Å². The first-order valence-corrected chi connectivity index (χ1v) is 9.35. The number of benzene rings is 2. The Hall–Kier alpha value is -3.06. The standard InChI is InChI=1S/C21H21FN4O2/c22-16-7-5-15(6-8-16)21(28)26-13-11-25(12-14-26)10-9-19-23-18-4-2-1-3-17(18)20(27)24-19/h1-8H,9-14H2,(H,23,24,27). The maximum absolute atomic E-state index is 13.0. The van der Waals surface area contributed by atoms with Crippen molar-refractivity contribution in [3.05, 3.63) is 76.1 Å². The number of aromatic amines is 1. The van der Waals surface area contributed by atoms with Crippen LogP contribution >= 0.6 is 0 Å². The Kier molecular flexibility index (Phi) is 5.16. The number of piperazine rings is 1. The number of nitrogens with one attached hydrogen (secondary N) is 1. The van der Waals surface area contributed by atoms with Gasteiger partial charge in [0.05, 0.1) is 10.9 Å². The molecule has 1 saturated heterocycles. The van der Waals surface area contributed by atoms with Crippen LogP contribution in [0.15, 0.2) is 53.3 Å². The van der Waals surface area contributed by atoms with E-state index in [4.69, 9.17) is 0 Å². The van der Waals surface area contributed by atoms with Crippen molar-refractivity contribution in [3.63, 3.8) is 0 Å². The number of carbonyl (C=O) groups excluding carboxylic acids is 1. The van der Waals surface area contributed by atoms with Crippen molar-refractivity contribution in [2.24, 2.45) is 0 Å². The summed E-state index contributed by atoms with van der Waals surface area (Å²) < 4.78 is 13.0. The normalized spacial score (nSPS) is 15.1. The highest BCUT2D eigenvalue weighted by molar-refractivity contribution is 5.94. The van der Waals surface area contributed by atoms with Gasteiger partial charge in [0, 0.05) is 44.7 Å². The molecule has 2 aromatic carbocycles. The zero-order valence-electron chi connectivity index (χ0n) is 15.4. The van der Waals surface area contributed by atoms with Crippen molar-refractivity contribution in [2.45, 2.75) is 6.42 Å². The molecule has 0 bridgehead atoms. The molecule has 3 aromatic rings. The summed E-state index contributed by atoms with van der Waals surface area (Å²) in [5.74, 6) is 0.260. The van der Waals surface area contributed by atoms with E-state index in [1.165, 1.54) is 24.3 Å². The monoisotopic (exact) mass is 380 g/mol. The number of fused-ring (bicyclic) bond motifs is 1. The second-order valence-electron chi connectivity index (χ2n) is 6.92. The molecule has 0 radical (unpaired) electrons. The van der Waals surface area contributed by atoms with Gasteiger partial charge in [-0.2, -0.15) is 0 Å². The summed E-state index contributed by atoms with van der Waals surface area (Å²) in [5, 5.41) is 0.596. The molecule has 7 heteroatoms.